The molecule has 0 aromatic rings. The summed E-state index contributed by atoms with van der Waals surface area (Å²) in [6, 6.07) is 0.454. The van der Waals surface area contributed by atoms with Crippen molar-refractivity contribution >= 4 is 0 Å². The van der Waals surface area contributed by atoms with Crippen LogP contribution < -0.4 is 5.32 Å². The molecule has 0 atom stereocenters. The van der Waals surface area contributed by atoms with Gasteiger partial charge in [0.1, 0.15) is 0 Å². The summed E-state index contributed by atoms with van der Waals surface area (Å²) in [7, 11) is 0. The molecule has 0 aromatic heterocycles. The van der Waals surface area contributed by atoms with E-state index >= 15 is 0 Å². The van der Waals surface area contributed by atoms with Gasteiger partial charge >= 0.3 is 0 Å². The first-order valence-corrected chi connectivity index (χ1v) is 7.29. The second-order valence-electron chi connectivity index (χ2n) is 4.95. The number of piperidine rings is 2. The maximum atomic E-state index is 12.8. The quantitative estimate of drug-likeness (QED) is 0.789. The molecule has 2 saturated heterocycles. The van der Waals surface area contributed by atoms with E-state index in [0.29, 0.717) is 38.1 Å². The third-order valence-electron chi connectivity index (χ3n) is 3.70. The lowest BCUT2D eigenvalue weighted by atomic mass is 9.97. The Kier molecular flexibility index (Phi) is 7.70. The van der Waals surface area contributed by atoms with Gasteiger partial charge in [-0.2, -0.15) is 0 Å². The summed E-state index contributed by atoms with van der Waals surface area (Å²) >= 11 is 0. The van der Waals surface area contributed by atoms with Gasteiger partial charge in [-0.3, -0.25) is 0 Å². The Bertz CT molecular complexity index is 178. The van der Waals surface area contributed by atoms with E-state index in [2.05, 4.69) is 5.32 Å². The summed E-state index contributed by atoms with van der Waals surface area (Å²) in [6.07, 6.45) is 3.65. The van der Waals surface area contributed by atoms with Crippen molar-refractivity contribution in [3.8, 4) is 0 Å². The number of halogens is 2. The molecule has 2 rings (SSSR count). The molecule has 2 aliphatic heterocycles. The summed E-state index contributed by atoms with van der Waals surface area (Å²) in [5, 5.41) is 5.28. The smallest absolute Gasteiger partial charge is 0.0305 e. The fraction of sp³-hybridized carbons (Fsp3) is 1.00. The number of nitrogens with one attached hydrogen (secondary N) is 1. The van der Waals surface area contributed by atoms with E-state index < -0.39 is 0 Å². The fourth-order valence-corrected chi connectivity index (χ4v) is 2.49. The topological polar surface area (TPSA) is 18.5 Å². The molecule has 0 saturated carbocycles. The van der Waals surface area contributed by atoms with Gasteiger partial charge in [0.05, 0.1) is 0 Å². The third kappa shape index (κ3) is 5.59. The molecule has 0 radical (unpaired) electrons. The monoisotopic (exact) mass is 263 g/mol. The SMILES string of the molecule is CC.FN1CCC(CNC2CCN(F)CC2)CC1. The van der Waals surface area contributed by atoms with Crippen LogP contribution in [-0.4, -0.2) is 49.0 Å². The van der Waals surface area contributed by atoms with Gasteiger partial charge in [-0.25, -0.2) is 0 Å². The van der Waals surface area contributed by atoms with Crippen LogP contribution in [0, 0.1) is 5.92 Å². The number of rotatable bonds is 3. The van der Waals surface area contributed by atoms with Gasteiger partial charge in [-0.1, -0.05) is 13.8 Å². The minimum absolute atomic E-state index is 0.454. The molecular formula is C13H27F2N3. The highest BCUT2D eigenvalue weighted by atomic mass is 19.2. The standard InChI is InChI=1S/C11H21F2N3.C2H6/c12-15-5-1-10(2-6-15)9-14-11-3-7-16(13)8-4-11;1-2/h10-11,14H,1-9H2;1-2H3. The lowest BCUT2D eigenvalue weighted by Crippen LogP contribution is -2.42. The van der Waals surface area contributed by atoms with Crippen molar-refractivity contribution in [1.29, 1.82) is 0 Å². The van der Waals surface area contributed by atoms with E-state index in [-0.39, 0.29) is 0 Å². The lowest BCUT2D eigenvalue weighted by molar-refractivity contribution is -0.0129. The van der Waals surface area contributed by atoms with Crippen LogP contribution in [0.15, 0.2) is 0 Å². The largest absolute Gasteiger partial charge is 0.314 e. The van der Waals surface area contributed by atoms with Crippen molar-refractivity contribution < 1.29 is 8.96 Å². The maximum absolute atomic E-state index is 12.8. The Morgan fingerprint density at radius 1 is 0.889 bits per heavy atom. The van der Waals surface area contributed by atoms with E-state index in [1.165, 1.54) is 0 Å². The Balaban J connectivity index is 0.000000771. The predicted molar refractivity (Wildman–Crippen MR) is 70.5 cm³/mol. The van der Waals surface area contributed by atoms with Crippen molar-refractivity contribution in [2.75, 3.05) is 32.7 Å². The van der Waals surface area contributed by atoms with Crippen LogP contribution in [0.25, 0.3) is 0 Å². The Labute approximate surface area is 109 Å². The Hall–Kier alpha value is -0.260. The summed E-state index contributed by atoms with van der Waals surface area (Å²) in [6.45, 7) is 7.18. The molecule has 2 aliphatic rings. The van der Waals surface area contributed by atoms with Crippen molar-refractivity contribution in [3.63, 3.8) is 0 Å². The minimum Gasteiger partial charge on any atom is -0.314 e. The van der Waals surface area contributed by atoms with Gasteiger partial charge in [-0.05, 0) is 38.1 Å². The van der Waals surface area contributed by atoms with Crippen LogP contribution in [0.1, 0.15) is 39.5 Å². The van der Waals surface area contributed by atoms with E-state index in [4.69, 9.17) is 0 Å². The fourth-order valence-electron chi connectivity index (χ4n) is 2.49. The molecule has 2 fully saturated rings. The summed E-state index contributed by atoms with van der Waals surface area (Å²) in [5.74, 6) is 0.593. The second-order valence-corrected chi connectivity index (χ2v) is 4.95. The molecule has 2 heterocycles. The zero-order valence-electron chi connectivity index (χ0n) is 11.7. The molecule has 5 heteroatoms. The first-order chi connectivity index (χ1) is 8.74. The summed E-state index contributed by atoms with van der Waals surface area (Å²) < 4.78 is 25.5. The highest BCUT2D eigenvalue weighted by molar-refractivity contribution is 4.77. The summed E-state index contributed by atoms with van der Waals surface area (Å²) in [4.78, 5) is 0. The number of nitrogens with zero attached hydrogens (tertiary/aromatic N) is 2. The Morgan fingerprint density at radius 2 is 1.33 bits per heavy atom. The molecule has 0 amide bonds. The zero-order chi connectivity index (χ0) is 13.4. The minimum atomic E-state index is 0.454. The van der Waals surface area contributed by atoms with Crippen LogP contribution in [0.2, 0.25) is 0 Å². The second kappa shape index (κ2) is 8.77. The van der Waals surface area contributed by atoms with Gasteiger partial charge in [0.15, 0.2) is 0 Å². The molecule has 0 aliphatic carbocycles. The van der Waals surface area contributed by atoms with Crippen LogP contribution in [0.5, 0.6) is 0 Å². The van der Waals surface area contributed by atoms with Crippen molar-refractivity contribution in [2.24, 2.45) is 5.92 Å². The van der Waals surface area contributed by atoms with Crippen LogP contribution >= 0.6 is 0 Å². The van der Waals surface area contributed by atoms with E-state index in [0.717, 1.165) is 42.5 Å². The Morgan fingerprint density at radius 3 is 1.83 bits per heavy atom. The normalized spacial score (nSPS) is 24.7. The zero-order valence-corrected chi connectivity index (χ0v) is 11.7. The molecular weight excluding hydrogens is 236 g/mol. The molecule has 0 spiro atoms. The van der Waals surface area contributed by atoms with Gasteiger partial charge in [0, 0.05) is 32.2 Å². The van der Waals surface area contributed by atoms with Gasteiger partial charge in [0.2, 0.25) is 0 Å². The van der Waals surface area contributed by atoms with E-state index in [1.807, 2.05) is 13.8 Å². The molecule has 1 N–H and O–H groups in total. The van der Waals surface area contributed by atoms with Crippen molar-refractivity contribution in [1.82, 2.24) is 15.6 Å². The highest BCUT2D eigenvalue weighted by Gasteiger charge is 2.22. The van der Waals surface area contributed by atoms with Gasteiger partial charge in [-0.15, -0.1) is 19.2 Å². The van der Waals surface area contributed by atoms with Crippen LogP contribution in [0.3, 0.4) is 0 Å². The molecule has 0 unspecified atom stereocenters. The van der Waals surface area contributed by atoms with E-state index in [9.17, 15) is 8.96 Å². The number of hydrogen-bond donors (Lipinski definition) is 1. The molecule has 18 heavy (non-hydrogen) atoms. The maximum Gasteiger partial charge on any atom is 0.0305 e. The predicted octanol–water partition coefficient (Wildman–Crippen LogP) is 2.55. The molecule has 0 aromatic carbocycles. The molecule has 108 valence electrons. The molecule has 0 bridgehead atoms. The first kappa shape index (κ1) is 15.8. The van der Waals surface area contributed by atoms with E-state index in [1.54, 1.807) is 0 Å². The highest BCUT2D eigenvalue weighted by Crippen LogP contribution is 2.17. The summed E-state index contributed by atoms with van der Waals surface area (Å²) in [5.41, 5.74) is 0. The third-order valence-corrected chi connectivity index (χ3v) is 3.70. The van der Waals surface area contributed by atoms with Crippen LogP contribution in [-0.2, 0) is 0 Å². The van der Waals surface area contributed by atoms with Gasteiger partial charge in [0.25, 0.3) is 0 Å². The van der Waals surface area contributed by atoms with Crippen molar-refractivity contribution in [2.45, 2.75) is 45.6 Å². The first-order valence-electron chi connectivity index (χ1n) is 7.29. The average Bonchev–Trinajstić information content (AvgIpc) is 2.42. The van der Waals surface area contributed by atoms with Crippen molar-refractivity contribution in [3.05, 3.63) is 0 Å². The van der Waals surface area contributed by atoms with Crippen LogP contribution in [0.4, 0.5) is 8.96 Å². The molecule has 3 nitrogen and oxygen atoms in total. The average molecular weight is 263 g/mol. The van der Waals surface area contributed by atoms with Gasteiger partial charge < -0.3 is 5.32 Å². The lowest BCUT2D eigenvalue weighted by Gasteiger charge is -2.30. The number of hydrogen-bond acceptors (Lipinski definition) is 3.